The number of imidazole rings is 1. The predicted octanol–water partition coefficient (Wildman–Crippen LogP) is 3.84. The molecule has 1 aliphatic rings. The van der Waals surface area contributed by atoms with Crippen molar-refractivity contribution >= 4 is 11.6 Å². The summed E-state index contributed by atoms with van der Waals surface area (Å²) in [6, 6.07) is 7.50. The molecule has 0 amide bonds. The second-order valence-corrected chi connectivity index (χ2v) is 6.28. The van der Waals surface area contributed by atoms with Crippen molar-refractivity contribution in [3.8, 4) is 22.8 Å². The van der Waals surface area contributed by atoms with Gasteiger partial charge in [0.25, 0.3) is 0 Å². The van der Waals surface area contributed by atoms with Gasteiger partial charge in [-0.25, -0.2) is 15.0 Å². The number of hydrogen-bond donors (Lipinski definition) is 0. The summed E-state index contributed by atoms with van der Waals surface area (Å²) in [6.45, 7) is 1.67. The first-order chi connectivity index (χ1) is 11.8. The lowest BCUT2D eigenvalue weighted by Crippen LogP contribution is -2.15. The molecule has 6 heteroatoms. The fourth-order valence-electron chi connectivity index (χ4n) is 2.92. The van der Waals surface area contributed by atoms with Gasteiger partial charge in [-0.2, -0.15) is 0 Å². The highest BCUT2D eigenvalue weighted by atomic mass is 35.5. The van der Waals surface area contributed by atoms with E-state index in [0.29, 0.717) is 10.8 Å². The van der Waals surface area contributed by atoms with Crippen molar-refractivity contribution in [1.29, 1.82) is 0 Å². The van der Waals surface area contributed by atoms with Crippen LogP contribution >= 0.6 is 11.6 Å². The van der Waals surface area contributed by atoms with Gasteiger partial charge in [0.05, 0.1) is 18.2 Å². The Hall–Kier alpha value is -2.24. The maximum absolute atomic E-state index is 5.92. The van der Waals surface area contributed by atoms with Gasteiger partial charge in [-0.1, -0.05) is 11.6 Å². The highest BCUT2D eigenvalue weighted by molar-refractivity contribution is 6.30. The largest absolute Gasteiger partial charge is 0.376 e. The van der Waals surface area contributed by atoms with Crippen LogP contribution in [0.2, 0.25) is 5.02 Å². The van der Waals surface area contributed by atoms with E-state index in [0.717, 1.165) is 42.9 Å². The summed E-state index contributed by atoms with van der Waals surface area (Å²) < 4.78 is 7.82. The highest BCUT2D eigenvalue weighted by Crippen LogP contribution is 2.22. The molecule has 4 rings (SSSR count). The van der Waals surface area contributed by atoms with E-state index >= 15 is 0 Å². The van der Waals surface area contributed by atoms with Crippen LogP contribution in [-0.4, -0.2) is 32.2 Å². The molecule has 3 heterocycles. The first-order valence-corrected chi connectivity index (χ1v) is 8.38. The lowest BCUT2D eigenvalue weighted by atomic mass is 10.2. The molecule has 0 saturated carbocycles. The average Bonchev–Trinajstić information content (AvgIpc) is 3.28. The van der Waals surface area contributed by atoms with Crippen LogP contribution in [0.25, 0.3) is 22.8 Å². The number of ether oxygens (including phenoxy) is 1. The van der Waals surface area contributed by atoms with E-state index in [-0.39, 0.29) is 6.10 Å². The fraction of sp³-hybridized carbons (Fsp3) is 0.278. The molecule has 1 aliphatic heterocycles. The smallest absolute Gasteiger partial charge is 0.159 e. The number of hydrogen-bond acceptors (Lipinski definition) is 4. The summed E-state index contributed by atoms with van der Waals surface area (Å²) in [7, 11) is 0. The van der Waals surface area contributed by atoms with Crippen LogP contribution in [0.4, 0.5) is 0 Å². The summed E-state index contributed by atoms with van der Waals surface area (Å²) in [5, 5.41) is 0.700. The summed E-state index contributed by atoms with van der Waals surface area (Å²) in [4.78, 5) is 13.4. The van der Waals surface area contributed by atoms with Crippen molar-refractivity contribution in [1.82, 2.24) is 19.5 Å². The summed E-state index contributed by atoms with van der Waals surface area (Å²) in [5.41, 5.74) is 1.84. The Morgan fingerprint density at radius 1 is 1.08 bits per heavy atom. The van der Waals surface area contributed by atoms with Crippen LogP contribution in [0.3, 0.4) is 0 Å². The van der Waals surface area contributed by atoms with E-state index in [1.165, 1.54) is 0 Å². The minimum absolute atomic E-state index is 0.271. The maximum atomic E-state index is 5.92. The van der Waals surface area contributed by atoms with E-state index in [1.807, 2.05) is 42.9 Å². The van der Waals surface area contributed by atoms with E-state index in [4.69, 9.17) is 16.3 Å². The van der Waals surface area contributed by atoms with Gasteiger partial charge in [0.1, 0.15) is 5.82 Å². The van der Waals surface area contributed by atoms with E-state index in [2.05, 4.69) is 19.5 Å². The van der Waals surface area contributed by atoms with Crippen LogP contribution in [0.5, 0.6) is 0 Å². The Kier molecular flexibility index (Phi) is 4.28. The normalized spacial score (nSPS) is 17.3. The summed E-state index contributed by atoms with van der Waals surface area (Å²) in [6.07, 6.45) is 9.90. The van der Waals surface area contributed by atoms with Crippen molar-refractivity contribution in [3.05, 3.63) is 54.1 Å². The van der Waals surface area contributed by atoms with Crippen molar-refractivity contribution in [2.45, 2.75) is 25.5 Å². The van der Waals surface area contributed by atoms with Crippen molar-refractivity contribution in [2.75, 3.05) is 6.61 Å². The number of halogens is 1. The van der Waals surface area contributed by atoms with Gasteiger partial charge in [-0.3, -0.25) is 0 Å². The zero-order valence-electron chi connectivity index (χ0n) is 13.1. The molecule has 0 unspecified atom stereocenters. The molecule has 122 valence electrons. The molecule has 0 aliphatic carbocycles. The van der Waals surface area contributed by atoms with Crippen LogP contribution in [-0.2, 0) is 11.3 Å². The Bertz CT molecular complexity index is 808. The number of aromatic nitrogens is 4. The quantitative estimate of drug-likeness (QED) is 0.724. The van der Waals surface area contributed by atoms with Gasteiger partial charge >= 0.3 is 0 Å². The topological polar surface area (TPSA) is 52.8 Å². The van der Waals surface area contributed by atoms with Gasteiger partial charge < -0.3 is 9.30 Å². The second-order valence-electron chi connectivity index (χ2n) is 5.84. The third kappa shape index (κ3) is 3.18. The van der Waals surface area contributed by atoms with E-state index in [1.54, 1.807) is 6.20 Å². The molecule has 1 fully saturated rings. The average molecular weight is 341 g/mol. The zero-order valence-corrected chi connectivity index (χ0v) is 13.9. The minimum atomic E-state index is 0.271. The molecule has 1 saturated heterocycles. The number of rotatable bonds is 4. The highest BCUT2D eigenvalue weighted by Gasteiger charge is 2.18. The Morgan fingerprint density at radius 2 is 1.88 bits per heavy atom. The van der Waals surface area contributed by atoms with E-state index < -0.39 is 0 Å². The molecule has 0 spiro atoms. The summed E-state index contributed by atoms with van der Waals surface area (Å²) in [5.74, 6) is 1.54. The van der Waals surface area contributed by atoms with Crippen molar-refractivity contribution < 1.29 is 4.74 Å². The molecule has 5 nitrogen and oxygen atoms in total. The van der Waals surface area contributed by atoms with Crippen LogP contribution in [0.1, 0.15) is 12.8 Å². The Balaban J connectivity index is 1.57. The first-order valence-electron chi connectivity index (χ1n) is 8.01. The lowest BCUT2D eigenvalue weighted by molar-refractivity contribution is 0.0974. The zero-order chi connectivity index (χ0) is 16.4. The maximum Gasteiger partial charge on any atom is 0.159 e. The van der Waals surface area contributed by atoms with Gasteiger partial charge in [-0.15, -0.1) is 0 Å². The fourth-order valence-corrected chi connectivity index (χ4v) is 3.04. The molecule has 0 N–H and O–H groups in total. The van der Waals surface area contributed by atoms with Crippen molar-refractivity contribution in [3.63, 3.8) is 0 Å². The van der Waals surface area contributed by atoms with E-state index in [9.17, 15) is 0 Å². The first kappa shape index (κ1) is 15.3. The number of nitrogens with zero attached hydrogens (tertiary/aromatic N) is 4. The molecule has 3 aromatic rings. The SMILES string of the molecule is Clc1ccc(-c2ncc(-c3nccn3C[C@@H]3CCCO3)cn2)cc1. The minimum Gasteiger partial charge on any atom is -0.376 e. The monoisotopic (exact) mass is 340 g/mol. The standard InChI is InChI=1S/C18H17ClN4O/c19-15-5-3-13(4-6-15)17-21-10-14(11-22-17)18-20-7-8-23(18)12-16-2-1-9-24-16/h3-8,10-11,16H,1-2,9,12H2/t16-/m0/s1. The molecule has 1 atom stereocenters. The molecular formula is C18H17ClN4O. The van der Waals surface area contributed by atoms with Gasteiger partial charge in [0, 0.05) is 42.0 Å². The van der Waals surface area contributed by atoms with Crippen LogP contribution in [0.15, 0.2) is 49.1 Å². The Morgan fingerprint density at radius 3 is 2.58 bits per heavy atom. The van der Waals surface area contributed by atoms with Crippen LogP contribution in [0, 0.1) is 0 Å². The van der Waals surface area contributed by atoms with Crippen molar-refractivity contribution in [2.24, 2.45) is 0 Å². The van der Waals surface area contributed by atoms with Crippen LogP contribution < -0.4 is 0 Å². The molecule has 24 heavy (non-hydrogen) atoms. The third-order valence-corrected chi connectivity index (χ3v) is 4.40. The molecule has 1 aromatic carbocycles. The molecule has 0 bridgehead atoms. The van der Waals surface area contributed by atoms with Gasteiger partial charge in [0.2, 0.25) is 0 Å². The molecule has 0 radical (unpaired) electrons. The third-order valence-electron chi connectivity index (χ3n) is 4.15. The summed E-state index contributed by atoms with van der Waals surface area (Å²) >= 11 is 5.92. The molecular weight excluding hydrogens is 324 g/mol. The predicted molar refractivity (Wildman–Crippen MR) is 92.7 cm³/mol. The lowest BCUT2D eigenvalue weighted by Gasteiger charge is -2.12. The van der Waals surface area contributed by atoms with Gasteiger partial charge in [0.15, 0.2) is 5.82 Å². The number of benzene rings is 1. The molecule has 2 aromatic heterocycles. The van der Waals surface area contributed by atoms with Gasteiger partial charge in [-0.05, 0) is 37.1 Å². The Labute approximate surface area is 145 Å². The second kappa shape index (κ2) is 6.71.